The van der Waals surface area contributed by atoms with E-state index in [0.29, 0.717) is 0 Å². The topological polar surface area (TPSA) is 30.0 Å². The van der Waals surface area contributed by atoms with Crippen LogP contribution in [0.4, 0.5) is 22.0 Å². The van der Waals surface area contributed by atoms with Crippen LogP contribution in [0.15, 0.2) is 6.07 Å². The molecule has 0 aliphatic carbocycles. The highest BCUT2D eigenvalue weighted by Gasteiger charge is 2.35. The molecule has 0 unspecified atom stereocenters. The summed E-state index contributed by atoms with van der Waals surface area (Å²) >= 11 is 5.23. The molecule has 0 saturated heterocycles. The SMILES string of the molecule is O=Cc1nc(CCl)c(C(F)(F)F)cc1C(F)F. The monoisotopic (exact) mass is 273 g/mol. The number of pyridine rings is 1. The van der Waals surface area contributed by atoms with E-state index >= 15 is 0 Å². The van der Waals surface area contributed by atoms with E-state index in [1.165, 1.54) is 0 Å². The van der Waals surface area contributed by atoms with Gasteiger partial charge in [-0.05, 0) is 6.07 Å². The number of hydrogen-bond acceptors (Lipinski definition) is 2. The normalized spacial score (nSPS) is 11.9. The molecule has 1 aromatic rings. The summed E-state index contributed by atoms with van der Waals surface area (Å²) in [6.07, 6.45) is -8.09. The van der Waals surface area contributed by atoms with E-state index in [2.05, 4.69) is 4.98 Å². The van der Waals surface area contributed by atoms with Gasteiger partial charge in [-0.15, -0.1) is 11.6 Å². The van der Waals surface area contributed by atoms with Gasteiger partial charge in [0.2, 0.25) is 0 Å². The number of alkyl halides is 6. The van der Waals surface area contributed by atoms with Crippen molar-refractivity contribution in [3.63, 3.8) is 0 Å². The fourth-order valence-electron chi connectivity index (χ4n) is 1.20. The lowest BCUT2D eigenvalue weighted by Gasteiger charge is -2.13. The highest BCUT2D eigenvalue weighted by molar-refractivity contribution is 6.17. The molecule has 0 aliphatic heterocycles. The third-order valence-electron chi connectivity index (χ3n) is 1.94. The number of carbonyl (C=O) groups is 1. The van der Waals surface area contributed by atoms with Gasteiger partial charge in [0, 0.05) is 5.56 Å². The summed E-state index contributed by atoms with van der Waals surface area (Å²) in [5.74, 6) is -0.626. The lowest BCUT2D eigenvalue weighted by atomic mass is 10.1. The zero-order valence-corrected chi connectivity index (χ0v) is 8.82. The van der Waals surface area contributed by atoms with Gasteiger partial charge in [0.25, 0.3) is 6.43 Å². The summed E-state index contributed by atoms with van der Waals surface area (Å²) < 4.78 is 62.3. The minimum absolute atomic E-state index is 0.0301. The first-order valence-corrected chi connectivity index (χ1v) is 4.75. The summed E-state index contributed by atoms with van der Waals surface area (Å²) in [5, 5.41) is 0. The Morgan fingerprint density at radius 1 is 1.41 bits per heavy atom. The van der Waals surface area contributed by atoms with Crippen LogP contribution in [0.25, 0.3) is 0 Å². The van der Waals surface area contributed by atoms with Gasteiger partial charge in [-0.2, -0.15) is 13.2 Å². The van der Waals surface area contributed by atoms with Crippen LogP contribution in [0.5, 0.6) is 0 Å². The van der Waals surface area contributed by atoms with Gasteiger partial charge in [0.05, 0.1) is 17.1 Å². The van der Waals surface area contributed by atoms with Crippen LogP contribution in [0.3, 0.4) is 0 Å². The maximum absolute atomic E-state index is 12.5. The van der Waals surface area contributed by atoms with Gasteiger partial charge in [0.15, 0.2) is 6.29 Å². The molecule has 1 heterocycles. The smallest absolute Gasteiger partial charge is 0.296 e. The van der Waals surface area contributed by atoms with Crippen molar-refractivity contribution < 1.29 is 26.7 Å². The molecule has 0 N–H and O–H groups in total. The number of halogens is 6. The van der Waals surface area contributed by atoms with Crippen LogP contribution < -0.4 is 0 Å². The molecule has 8 heteroatoms. The molecule has 0 spiro atoms. The zero-order valence-electron chi connectivity index (χ0n) is 8.06. The van der Waals surface area contributed by atoms with Gasteiger partial charge >= 0.3 is 6.18 Å². The first kappa shape index (κ1) is 13.8. The molecule has 1 aromatic heterocycles. The van der Waals surface area contributed by atoms with Crippen LogP contribution in [0, 0.1) is 0 Å². The third kappa shape index (κ3) is 2.91. The van der Waals surface area contributed by atoms with Crippen LogP contribution in [0.2, 0.25) is 0 Å². The molecule has 1 rings (SSSR count). The van der Waals surface area contributed by atoms with Crippen molar-refractivity contribution in [3.05, 3.63) is 28.6 Å². The predicted octanol–water partition coefficient (Wildman–Crippen LogP) is 3.59. The van der Waals surface area contributed by atoms with E-state index in [-0.39, 0.29) is 12.4 Å². The maximum Gasteiger partial charge on any atom is 0.418 e. The molecule has 2 nitrogen and oxygen atoms in total. The van der Waals surface area contributed by atoms with Gasteiger partial charge in [-0.25, -0.2) is 13.8 Å². The highest BCUT2D eigenvalue weighted by Crippen LogP contribution is 2.35. The van der Waals surface area contributed by atoms with E-state index in [1.807, 2.05) is 0 Å². The molecular formula is C9H5ClF5NO. The fourth-order valence-corrected chi connectivity index (χ4v) is 1.40. The Hall–Kier alpha value is -1.24. The quantitative estimate of drug-likeness (QED) is 0.478. The first-order chi connectivity index (χ1) is 7.81. The van der Waals surface area contributed by atoms with Crippen molar-refractivity contribution in [2.75, 3.05) is 0 Å². The number of aldehydes is 1. The number of carbonyl (C=O) groups excluding carboxylic acids is 1. The summed E-state index contributed by atoms with van der Waals surface area (Å²) in [6.45, 7) is 0. The summed E-state index contributed by atoms with van der Waals surface area (Å²) in [7, 11) is 0. The number of aromatic nitrogens is 1. The second kappa shape index (κ2) is 4.95. The van der Waals surface area contributed by atoms with Gasteiger partial charge in [0.1, 0.15) is 5.69 Å². The van der Waals surface area contributed by atoms with Crippen LogP contribution in [-0.2, 0) is 12.1 Å². The Bertz CT molecular complexity index is 432. The summed E-state index contributed by atoms with van der Waals surface area (Å²) in [6, 6.07) is 0.207. The summed E-state index contributed by atoms with van der Waals surface area (Å²) in [5.41, 5.74) is -3.79. The minimum Gasteiger partial charge on any atom is -0.296 e. The fraction of sp³-hybridized carbons (Fsp3) is 0.333. The number of hydrogen-bond donors (Lipinski definition) is 0. The van der Waals surface area contributed by atoms with E-state index < -0.39 is 41.0 Å². The van der Waals surface area contributed by atoms with Crippen LogP contribution in [-0.4, -0.2) is 11.3 Å². The van der Waals surface area contributed by atoms with Crippen molar-refractivity contribution in [2.24, 2.45) is 0 Å². The molecule has 0 amide bonds. The first-order valence-electron chi connectivity index (χ1n) is 4.21. The highest BCUT2D eigenvalue weighted by atomic mass is 35.5. The Kier molecular flexibility index (Phi) is 4.03. The standard InChI is InChI=1S/C9H5ClF5NO/c10-2-6-5(9(13,14)15)1-4(8(11)12)7(3-17)16-6/h1,3,8H,2H2. The van der Waals surface area contributed by atoms with E-state index in [0.717, 1.165) is 0 Å². The van der Waals surface area contributed by atoms with Crippen LogP contribution in [0.1, 0.15) is 33.7 Å². The zero-order chi connectivity index (χ0) is 13.2. The molecule has 17 heavy (non-hydrogen) atoms. The van der Waals surface area contributed by atoms with Gasteiger partial charge < -0.3 is 0 Å². The molecule has 0 atom stereocenters. The number of rotatable bonds is 3. The number of nitrogens with zero attached hydrogens (tertiary/aromatic N) is 1. The molecule has 0 radical (unpaired) electrons. The van der Waals surface area contributed by atoms with Crippen LogP contribution >= 0.6 is 11.6 Å². The van der Waals surface area contributed by atoms with E-state index in [9.17, 15) is 26.7 Å². The van der Waals surface area contributed by atoms with E-state index in [4.69, 9.17) is 11.6 Å². The minimum atomic E-state index is -4.84. The van der Waals surface area contributed by atoms with E-state index in [1.54, 1.807) is 0 Å². The Morgan fingerprint density at radius 2 is 2.00 bits per heavy atom. The van der Waals surface area contributed by atoms with Crippen molar-refractivity contribution in [3.8, 4) is 0 Å². The van der Waals surface area contributed by atoms with Crippen molar-refractivity contribution >= 4 is 17.9 Å². The third-order valence-corrected chi connectivity index (χ3v) is 2.19. The lowest BCUT2D eigenvalue weighted by Crippen LogP contribution is -2.13. The largest absolute Gasteiger partial charge is 0.418 e. The molecule has 0 saturated carbocycles. The second-order valence-electron chi connectivity index (χ2n) is 3.01. The summed E-state index contributed by atoms with van der Waals surface area (Å²) in [4.78, 5) is 13.6. The predicted molar refractivity (Wildman–Crippen MR) is 49.1 cm³/mol. The molecule has 0 bridgehead atoms. The second-order valence-corrected chi connectivity index (χ2v) is 3.27. The Balaban J connectivity index is 3.50. The Labute approximate surface area is 97.4 Å². The average molecular weight is 274 g/mol. The van der Waals surface area contributed by atoms with Gasteiger partial charge in [-0.3, -0.25) is 4.79 Å². The Morgan fingerprint density at radius 3 is 2.35 bits per heavy atom. The molecule has 94 valence electrons. The molecule has 0 aromatic carbocycles. The lowest BCUT2D eigenvalue weighted by molar-refractivity contribution is -0.138. The molecule has 0 aliphatic rings. The van der Waals surface area contributed by atoms with Crippen molar-refractivity contribution in [1.82, 2.24) is 4.98 Å². The molecular weight excluding hydrogens is 269 g/mol. The van der Waals surface area contributed by atoms with Gasteiger partial charge in [-0.1, -0.05) is 0 Å². The average Bonchev–Trinajstić information content (AvgIpc) is 2.25. The maximum atomic E-state index is 12.5. The molecule has 0 fully saturated rings. The van der Waals surface area contributed by atoms with Crippen molar-refractivity contribution in [2.45, 2.75) is 18.5 Å². The van der Waals surface area contributed by atoms with Crippen molar-refractivity contribution in [1.29, 1.82) is 0 Å².